The summed E-state index contributed by atoms with van der Waals surface area (Å²) >= 11 is 0. The van der Waals surface area contributed by atoms with Gasteiger partial charge in [0.05, 0.1) is 26.8 Å². The SMILES string of the molecule is COc1ccc([C@@H]2OC[C@@H](C[N+]3(Cc4ccccc4)CCCCC3)O2)cc1. The van der Waals surface area contributed by atoms with E-state index in [1.165, 1.54) is 37.9 Å². The zero-order chi connectivity index (χ0) is 18.5. The summed E-state index contributed by atoms with van der Waals surface area (Å²) in [5.74, 6) is 0.856. The summed E-state index contributed by atoms with van der Waals surface area (Å²) in [5, 5.41) is 0. The van der Waals surface area contributed by atoms with Crippen molar-refractivity contribution in [3.63, 3.8) is 0 Å². The number of likely N-dealkylation sites (tertiary alicyclic amines) is 1. The van der Waals surface area contributed by atoms with Gasteiger partial charge >= 0.3 is 0 Å². The standard InChI is InChI=1S/C23H30NO3/c1-25-21-12-10-20(11-13-21)23-26-18-22(27-23)17-24(14-6-3-7-15-24)16-19-8-4-2-5-9-19/h2,4-5,8-13,22-23H,3,6-7,14-18H2,1H3/q+1/t22-,23-/m1/s1. The predicted octanol–water partition coefficient (Wildman–Crippen LogP) is 4.31. The first-order chi connectivity index (χ1) is 13.3. The van der Waals surface area contributed by atoms with E-state index < -0.39 is 0 Å². The molecule has 4 rings (SSSR count). The van der Waals surface area contributed by atoms with E-state index >= 15 is 0 Å². The monoisotopic (exact) mass is 368 g/mol. The third-order valence-electron chi connectivity index (χ3n) is 5.85. The molecule has 2 fully saturated rings. The van der Waals surface area contributed by atoms with Crippen LogP contribution in [0.15, 0.2) is 54.6 Å². The van der Waals surface area contributed by atoms with Crippen molar-refractivity contribution >= 4 is 0 Å². The lowest BCUT2D eigenvalue weighted by atomic mass is 10.0. The van der Waals surface area contributed by atoms with Crippen LogP contribution in [-0.4, -0.2) is 43.9 Å². The Balaban J connectivity index is 1.42. The van der Waals surface area contributed by atoms with Crippen LogP contribution in [0.3, 0.4) is 0 Å². The fraction of sp³-hybridized carbons (Fsp3) is 0.478. The number of quaternary nitrogens is 1. The molecule has 0 spiro atoms. The molecule has 0 unspecified atom stereocenters. The fourth-order valence-corrected chi connectivity index (χ4v) is 4.47. The van der Waals surface area contributed by atoms with Crippen LogP contribution in [0.2, 0.25) is 0 Å². The van der Waals surface area contributed by atoms with Gasteiger partial charge in [0.15, 0.2) is 6.29 Å². The number of hydrogen-bond acceptors (Lipinski definition) is 3. The van der Waals surface area contributed by atoms with Crippen molar-refractivity contribution in [2.24, 2.45) is 0 Å². The molecule has 0 bridgehead atoms. The van der Waals surface area contributed by atoms with Crippen molar-refractivity contribution in [2.45, 2.75) is 38.2 Å². The van der Waals surface area contributed by atoms with Gasteiger partial charge in [-0.1, -0.05) is 42.5 Å². The lowest BCUT2D eigenvalue weighted by Gasteiger charge is -2.42. The molecule has 2 aromatic carbocycles. The average molecular weight is 368 g/mol. The molecule has 0 amide bonds. The van der Waals surface area contributed by atoms with Crippen LogP contribution in [0.5, 0.6) is 5.75 Å². The van der Waals surface area contributed by atoms with Gasteiger partial charge in [-0.2, -0.15) is 0 Å². The Bertz CT molecular complexity index is 710. The minimum absolute atomic E-state index is 0.152. The Labute approximate surface area is 162 Å². The van der Waals surface area contributed by atoms with Crippen LogP contribution in [0.4, 0.5) is 0 Å². The number of ether oxygens (including phenoxy) is 3. The first-order valence-electron chi connectivity index (χ1n) is 10.1. The summed E-state index contributed by atoms with van der Waals surface area (Å²) in [7, 11) is 1.68. The van der Waals surface area contributed by atoms with Gasteiger partial charge < -0.3 is 18.7 Å². The molecular formula is C23H30NO3+. The number of methoxy groups -OCH3 is 1. The van der Waals surface area contributed by atoms with E-state index in [2.05, 4.69) is 30.3 Å². The highest BCUT2D eigenvalue weighted by Crippen LogP contribution is 2.31. The largest absolute Gasteiger partial charge is 0.497 e. The Morgan fingerprint density at radius 2 is 1.70 bits per heavy atom. The van der Waals surface area contributed by atoms with E-state index in [1.807, 2.05) is 24.3 Å². The molecule has 0 aliphatic carbocycles. The summed E-state index contributed by atoms with van der Waals surface area (Å²) in [4.78, 5) is 0. The smallest absolute Gasteiger partial charge is 0.184 e. The topological polar surface area (TPSA) is 27.7 Å². The van der Waals surface area contributed by atoms with Gasteiger partial charge in [-0.25, -0.2) is 0 Å². The normalized spacial score (nSPS) is 24.6. The van der Waals surface area contributed by atoms with Crippen LogP contribution >= 0.6 is 0 Å². The van der Waals surface area contributed by atoms with Crippen molar-refractivity contribution in [1.82, 2.24) is 0 Å². The summed E-state index contributed by atoms with van der Waals surface area (Å²) in [6.45, 7) is 5.27. The predicted molar refractivity (Wildman–Crippen MR) is 105 cm³/mol. The molecule has 2 atom stereocenters. The summed E-state index contributed by atoms with van der Waals surface area (Å²) in [5.41, 5.74) is 2.48. The van der Waals surface area contributed by atoms with Crippen LogP contribution in [0.25, 0.3) is 0 Å². The molecule has 2 heterocycles. The maximum absolute atomic E-state index is 6.31. The molecule has 0 saturated carbocycles. The molecule has 4 heteroatoms. The molecule has 4 nitrogen and oxygen atoms in total. The third-order valence-corrected chi connectivity index (χ3v) is 5.85. The van der Waals surface area contributed by atoms with Crippen molar-refractivity contribution in [1.29, 1.82) is 0 Å². The van der Waals surface area contributed by atoms with Gasteiger partial charge in [0, 0.05) is 11.1 Å². The Morgan fingerprint density at radius 3 is 2.41 bits per heavy atom. The Morgan fingerprint density at radius 1 is 0.963 bits per heavy atom. The van der Waals surface area contributed by atoms with E-state index in [4.69, 9.17) is 14.2 Å². The number of nitrogens with zero attached hydrogens (tertiary/aromatic N) is 1. The molecule has 0 radical (unpaired) electrons. The Kier molecular flexibility index (Phi) is 5.77. The maximum Gasteiger partial charge on any atom is 0.184 e. The van der Waals surface area contributed by atoms with E-state index in [0.717, 1.165) is 28.9 Å². The van der Waals surface area contributed by atoms with Crippen LogP contribution in [0.1, 0.15) is 36.7 Å². The molecule has 2 aliphatic rings. The van der Waals surface area contributed by atoms with E-state index in [0.29, 0.717) is 6.61 Å². The van der Waals surface area contributed by atoms with Crippen LogP contribution in [0, 0.1) is 0 Å². The van der Waals surface area contributed by atoms with Gasteiger partial charge in [0.1, 0.15) is 24.9 Å². The zero-order valence-corrected chi connectivity index (χ0v) is 16.2. The van der Waals surface area contributed by atoms with Gasteiger partial charge in [0.25, 0.3) is 0 Å². The van der Waals surface area contributed by atoms with Crippen molar-refractivity contribution < 1.29 is 18.7 Å². The van der Waals surface area contributed by atoms with Crippen molar-refractivity contribution in [3.05, 3.63) is 65.7 Å². The maximum atomic E-state index is 6.31. The molecule has 144 valence electrons. The second-order valence-electron chi connectivity index (χ2n) is 7.87. The van der Waals surface area contributed by atoms with Crippen LogP contribution < -0.4 is 4.74 Å². The van der Waals surface area contributed by atoms with Gasteiger partial charge in [0.2, 0.25) is 0 Å². The number of hydrogen-bond donors (Lipinski definition) is 0. The van der Waals surface area contributed by atoms with Crippen LogP contribution in [-0.2, 0) is 16.0 Å². The first kappa shape index (κ1) is 18.5. The summed E-state index contributed by atoms with van der Waals surface area (Å²) in [6.07, 6.45) is 3.86. The van der Waals surface area contributed by atoms with Crippen molar-refractivity contribution in [2.75, 3.05) is 33.4 Å². The highest BCUT2D eigenvalue weighted by Gasteiger charge is 2.37. The number of benzene rings is 2. The molecule has 27 heavy (non-hydrogen) atoms. The molecule has 2 saturated heterocycles. The minimum Gasteiger partial charge on any atom is -0.497 e. The summed E-state index contributed by atoms with van der Waals surface area (Å²) in [6, 6.07) is 18.9. The average Bonchev–Trinajstić information content (AvgIpc) is 3.17. The summed E-state index contributed by atoms with van der Waals surface area (Å²) < 4.78 is 18.7. The molecule has 0 N–H and O–H groups in total. The minimum atomic E-state index is -0.262. The first-order valence-corrected chi connectivity index (χ1v) is 10.1. The van der Waals surface area contributed by atoms with E-state index in [9.17, 15) is 0 Å². The van der Waals surface area contributed by atoms with Gasteiger partial charge in [-0.3, -0.25) is 0 Å². The van der Waals surface area contributed by atoms with Gasteiger partial charge in [-0.15, -0.1) is 0 Å². The molecule has 2 aliphatic heterocycles. The highest BCUT2D eigenvalue weighted by atomic mass is 16.7. The fourth-order valence-electron chi connectivity index (χ4n) is 4.47. The van der Waals surface area contributed by atoms with Gasteiger partial charge in [-0.05, 0) is 31.4 Å². The van der Waals surface area contributed by atoms with Crippen molar-refractivity contribution in [3.8, 4) is 5.75 Å². The Hall–Kier alpha value is -1.88. The highest BCUT2D eigenvalue weighted by molar-refractivity contribution is 5.28. The molecular weight excluding hydrogens is 338 g/mol. The number of rotatable bonds is 6. The third kappa shape index (κ3) is 4.52. The quantitative estimate of drug-likeness (QED) is 0.711. The van der Waals surface area contributed by atoms with E-state index in [1.54, 1.807) is 7.11 Å². The molecule has 2 aromatic rings. The second kappa shape index (κ2) is 8.42. The second-order valence-corrected chi connectivity index (χ2v) is 7.87. The number of piperidine rings is 1. The lowest BCUT2D eigenvalue weighted by molar-refractivity contribution is -0.947. The molecule has 0 aromatic heterocycles. The lowest BCUT2D eigenvalue weighted by Crippen LogP contribution is -2.54. The zero-order valence-electron chi connectivity index (χ0n) is 16.2. The van der Waals surface area contributed by atoms with E-state index in [-0.39, 0.29) is 12.4 Å².